The number of ether oxygens (including phenoxy) is 1. The lowest BCUT2D eigenvalue weighted by atomic mass is 9.98. The van der Waals surface area contributed by atoms with Crippen LogP contribution in [0.15, 0.2) is 24.3 Å². The van der Waals surface area contributed by atoms with Crippen LogP contribution in [0.3, 0.4) is 0 Å². The maximum atomic E-state index is 12.4. The molecule has 19 heavy (non-hydrogen) atoms. The van der Waals surface area contributed by atoms with Crippen molar-refractivity contribution in [1.29, 1.82) is 0 Å². The van der Waals surface area contributed by atoms with Crippen molar-refractivity contribution < 1.29 is 17.9 Å². The van der Waals surface area contributed by atoms with Crippen LogP contribution >= 0.6 is 0 Å². The number of anilines is 1. The van der Waals surface area contributed by atoms with E-state index in [1.54, 1.807) is 12.1 Å². The Bertz CT molecular complexity index is 436. The van der Waals surface area contributed by atoms with Crippen molar-refractivity contribution in [2.45, 2.75) is 38.2 Å². The number of hydrogen-bond acceptors (Lipinski definition) is 3. The first-order chi connectivity index (χ1) is 8.87. The number of piperidine rings is 1. The molecule has 0 spiro atoms. The van der Waals surface area contributed by atoms with Crippen LogP contribution in [-0.4, -0.2) is 25.0 Å². The summed E-state index contributed by atoms with van der Waals surface area (Å²) in [6.07, 6.45) is -3.14. The van der Waals surface area contributed by atoms with Gasteiger partial charge in [0.1, 0.15) is 0 Å². The molecule has 2 unspecified atom stereocenters. The molecule has 1 fully saturated rings. The molecule has 1 aromatic rings. The molecule has 3 nitrogen and oxygen atoms in total. The lowest BCUT2D eigenvalue weighted by Crippen LogP contribution is -2.45. The van der Waals surface area contributed by atoms with Crippen LogP contribution in [0.5, 0.6) is 5.75 Å². The van der Waals surface area contributed by atoms with Crippen LogP contribution < -0.4 is 15.4 Å². The standard InChI is InChI=1S/C13H17F3N2O/c1-9-8-10(17)6-7-18(9)11-4-2-3-5-12(11)19-13(14,15)16/h2-5,9-10H,6-8,17H2,1H3. The van der Waals surface area contributed by atoms with E-state index < -0.39 is 6.36 Å². The van der Waals surface area contributed by atoms with Crippen molar-refractivity contribution >= 4 is 5.69 Å². The molecule has 1 heterocycles. The highest BCUT2D eigenvalue weighted by Crippen LogP contribution is 2.35. The summed E-state index contributed by atoms with van der Waals surface area (Å²) in [5.41, 5.74) is 6.34. The fraction of sp³-hybridized carbons (Fsp3) is 0.538. The fourth-order valence-corrected chi connectivity index (χ4v) is 2.47. The predicted octanol–water partition coefficient (Wildman–Crippen LogP) is 2.90. The number of halogens is 3. The molecule has 0 saturated carbocycles. The van der Waals surface area contributed by atoms with Gasteiger partial charge in [-0.1, -0.05) is 12.1 Å². The van der Waals surface area contributed by atoms with Gasteiger partial charge in [0.15, 0.2) is 5.75 Å². The molecule has 0 aromatic heterocycles. The van der Waals surface area contributed by atoms with Crippen LogP contribution in [0.25, 0.3) is 0 Å². The largest absolute Gasteiger partial charge is 0.573 e. The predicted molar refractivity (Wildman–Crippen MR) is 67.1 cm³/mol. The average Bonchev–Trinajstić information content (AvgIpc) is 2.28. The van der Waals surface area contributed by atoms with E-state index in [-0.39, 0.29) is 17.8 Å². The lowest BCUT2D eigenvalue weighted by Gasteiger charge is -2.38. The summed E-state index contributed by atoms with van der Waals surface area (Å²) in [7, 11) is 0. The third kappa shape index (κ3) is 3.53. The lowest BCUT2D eigenvalue weighted by molar-refractivity contribution is -0.274. The summed E-state index contributed by atoms with van der Waals surface area (Å²) in [6, 6.07) is 6.44. The Hall–Kier alpha value is -1.43. The molecule has 2 N–H and O–H groups in total. The normalized spacial score (nSPS) is 24.4. The summed E-state index contributed by atoms with van der Waals surface area (Å²) in [6.45, 7) is 2.60. The van der Waals surface area contributed by atoms with Gasteiger partial charge >= 0.3 is 6.36 Å². The number of benzene rings is 1. The van der Waals surface area contributed by atoms with E-state index in [9.17, 15) is 13.2 Å². The van der Waals surface area contributed by atoms with E-state index in [1.165, 1.54) is 12.1 Å². The maximum absolute atomic E-state index is 12.4. The SMILES string of the molecule is CC1CC(N)CCN1c1ccccc1OC(F)(F)F. The van der Waals surface area contributed by atoms with Crippen LogP contribution in [0.2, 0.25) is 0 Å². The Kier molecular flexibility index (Phi) is 3.89. The molecule has 0 aliphatic carbocycles. The summed E-state index contributed by atoms with van der Waals surface area (Å²) in [5, 5.41) is 0. The Balaban J connectivity index is 2.24. The first kappa shape index (κ1) is 14.0. The van der Waals surface area contributed by atoms with Crippen molar-refractivity contribution in [2.24, 2.45) is 5.73 Å². The molecular formula is C13H17F3N2O. The number of hydrogen-bond donors (Lipinski definition) is 1. The van der Waals surface area contributed by atoms with E-state index in [2.05, 4.69) is 4.74 Å². The second kappa shape index (κ2) is 5.28. The van der Waals surface area contributed by atoms with Gasteiger partial charge in [-0.3, -0.25) is 0 Å². The molecule has 1 saturated heterocycles. The first-order valence-corrected chi connectivity index (χ1v) is 6.24. The Morgan fingerprint density at radius 1 is 1.32 bits per heavy atom. The second-order valence-electron chi connectivity index (χ2n) is 4.84. The second-order valence-corrected chi connectivity index (χ2v) is 4.84. The fourth-order valence-electron chi connectivity index (χ4n) is 2.47. The molecule has 106 valence electrons. The molecule has 0 radical (unpaired) electrons. The molecule has 1 aromatic carbocycles. The molecule has 1 aliphatic heterocycles. The van der Waals surface area contributed by atoms with E-state index >= 15 is 0 Å². The highest BCUT2D eigenvalue weighted by molar-refractivity contribution is 5.59. The summed E-state index contributed by atoms with van der Waals surface area (Å²) < 4.78 is 41.2. The van der Waals surface area contributed by atoms with Gasteiger partial charge in [0, 0.05) is 18.6 Å². The summed E-state index contributed by atoms with van der Waals surface area (Å²) in [4.78, 5) is 1.92. The third-order valence-corrected chi connectivity index (χ3v) is 3.32. The molecule has 0 amide bonds. The van der Waals surface area contributed by atoms with Gasteiger partial charge in [-0.15, -0.1) is 13.2 Å². The van der Waals surface area contributed by atoms with Crippen molar-refractivity contribution in [1.82, 2.24) is 0 Å². The Morgan fingerprint density at radius 3 is 2.63 bits per heavy atom. The summed E-state index contributed by atoms with van der Waals surface area (Å²) >= 11 is 0. The number of para-hydroxylation sites is 2. The summed E-state index contributed by atoms with van der Waals surface area (Å²) in [5.74, 6) is -0.155. The van der Waals surface area contributed by atoms with Crippen LogP contribution in [-0.2, 0) is 0 Å². The number of rotatable bonds is 2. The molecule has 0 bridgehead atoms. The van der Waals surface area contributed by atoms with Crippen LogP contribution in [0.1, 0.15) is 19.8 Å². The van der Waals surface area contributed by atoms with Crippen LogP contribution in [0.4, 0.5) is 18.9 Å². The minimum absolute atomic E-state index is 0.0988. The van der Waals surface area contributed by atoms with Crippen LogP contribution in [0, 0.1) is 0 Å². The van der Waals surface area contributed by atoms with Crippen molar-refractivity contribution in [3.8, 4) is 5.75 Å². The van der Waals surface area contributed by atoms with Gasteiger partial charge in [-0.05, 0) is 31.9 Å². The first-order valence-electron chi connectivity index (χ1n) is 6.24. The van der Waals surface area contributed by atoms with Crippen molar-refractivity contribution in [3.05, 3.63) is 24.3 Å². The number of nitrogens with two attached hydrogens (primary N) is 1. The number of nitrogens with zero attached hydrogens (tertiary/aromatic N) is 1. The van der Waals surface area contributed by atoms with Crippen molar-refractivity contribution in [3.63, 3.8) is 0 Å². The zero-order valence-corrected chi connectivity index (χ0v) is 10.7. The van der Waals surface area contributed by atoms with E-state index in [4.69, 9.17) is 5.73 Å². The molecule has 1 aliphatic rings. The quantitative estimate of drug-likeness (QED) is 0.901. The van der Waals surface area contributed by atoms with Gasteiger partial charge in [0.2, 0.25) is 0 Å². The Morgan fingerprint density at radius 2 is 2.00 bits per heavy atom. The molecule has 2 atom stereocenters. The maximum Gasteiger partial charge on any atom is 0.573 e. The van der Waals surface area contributed by atoms with Gasteiger partial charge in [-0.2, -0.15) is 0 Å². The van der Waals surface area contributed by atoms with E-state index in [1.807, 2.05) is 11.8 Å². The van der Waals surface area contributed by atoms with Gasteiger partial charge < -0.3 is 15.4 Å². The van der Waals surface area contributed by atoms with Crippen molar-refractivity contribution in [2.75, 3.05) is 11.4 Å². The highest BCUT2D eigenvalue weighted by atomic mass is 19.4. The minimum Gasteiger partial charge on any atom is -0.404 e. The van der Waals surface area contributed by atoms with E-state index in [0.29, 0.717) is 12.2 Å². The zero-order valence-electron chi connectivity index (χ0n) is 10.7. The molecule has 6 heteroatoms. The van der Waals surface area contributed by atoms with Gasteiger partial charge in [0.05, 0.1) is 5.69 Å². The monoisotopic (exact) mass is 274 g/mol. The Labute approximate surface area is 110 Å². The highest BCUT2D eigenvalue weighted by Gasteiger charge is 2.33. The molecule has 2 rings (SSSR count). The zero-order chi connectivity index (χ0) is 14.0. The van der Waals surface area contributed by atoms with Gasteiger partial charge in [-0.25, -0.2) is 0 Å². The smallest absolute Gasteiger partial charge is 0.404 e. The van der Waals surface area contributed by atoms with Gasteiger partial charge in [0.25, 0.3) is 0 Å². The molecular weight excluding hydrogens is 257 g/mol. The minimum atomic E-state index is -4.68. The number of alkyl halides is 3. The third-order valence-electron chi connectivity index (χ3n) is 3.32. The topological polar surface area (TPSA) is 38.5 Å². The average molecular weight is 274 g/mol. The van der Waals surface area contributed by atoms with E-state index in [0.717, 1.165) is 12.8 Å².